The normalized spacial score (nSPS) is 13.6. The number of hydrogen-bond acceptors (Lipinski definition) is 1. The van der Waals surface area contributed by atoms with Crippen LogP contribution < -0.4 is 0 Å². The molecule has 1 atom stereocenters. The molecule has 0 spiro atoms. The second-order valence-electron chi connectivity index (χ2n) is 1.71. The van der Waals surface area contributed by atoms with Gasteiger partial charge in [0.1, 0.15) is 0 Å². The van der Waals surface area contributed by atoms with Gasteiger partial charge in [-0.05, 0) is 6.92 Å². The fourth-order valence-corrected chi connectivity index (χ4v) is 0.321. The van der Waals surface area contributed by atoms with Crippen molar-refractivity contribution in [1.29, 1.82) is 0 Å². The lowest BCUT2D eigenvalue weighted by Gasteiger charge is -1.91. The quantitative estimate of drug-likeness (QED) is 0.419. The van der Waals surface area contributed by atoms with Crippen LogP contribution in [0.1, 0.15) is 6.92 Å². The highest BCUT2D eigenvalue weighted by Crippen LogP contribution is 1.98. The largest absolute Gasteiger partial charge is 0.308 e. The van der Waals surface area contributed by atoms with Crippen LogP contribution in [0.4, 0.5) is 4.39 Å². The van der Waals surface area contributed by atoms with E-state index in [0.29, 0.717) is 0 Å². The first kappa shape index (κ1) is 8.08. The number of hydrogen-bond donors (Lipinski definition) is 0. The molecule has 0 aliphatic heterocycles. The summed E-state index contributed by atoms with van der Waals surface area (Å²) in [6.45, 7) is 4.86. The van der Waals surface area contributed by atoms with Gasteiger partial charge in [-0.15, -0.1) is 0 Å². The molecule has 1 unspecified atom stereocenters. The van der Waals surface area contributed by atoms with Gasteiger partial charge in [0.2, 0.25) is 0 Å². The molecule has 0 saturated heterocycles. The summed E-state index contributed by atoms with van der Waals surface area (Å²) < 4.78 is 11.7. The van der Waals surface area contributed by atoms with Gasteiger partial charge in [-0.3, -0.25) is 4.79 Å². The third-order valence-electron chi connectivity index (χ3n) is 0.894. The predicted molar refractivity (Wildman–Crippen MR) is 34.6 cm³/mol. The number of rotatable bonds is 3. The summed E-state index contributed by atoms with van der Waals surface area (Å²) in [5, 5.41) is 0. The summed E-state index contributed by atoms with van der Waals surface area (Å²) in [6, 6.07) is -1.31. The van der Waals surface area contributed by atoms with E-state index in [1.165, 1.54) is 19.1 Å². The summed E-state index contributed by atoms with van der Waals surface area (Å²) in [4.78, 5) is 9.90. The maximum atomic E-state index is 11.7. The lowest BCUT2D eigenvalue weighted by atomic mass is 10.2. The summed E-state index contributed by atoms with van der Waals surface area (Å²) in [6.07, 6.45) is 4.50. The average molecular weight is 128 g/mol. The lowest BCUT2D eigenvalue weighted by Crippen LogP contribution is -1.99. The van der Waals surface area contributed by atoms with Crippen LogP contribution in [-0.2, 0) is 4.79 Å². The van der Waals surface area contributed by atoms with E-state index in [4.69, 9.17) is 0 Å². The Morgan fingerprint density at radius 2 is 2.33 bits per heavy atom. The van der Waals surface area contributed by atoms with Crippen LogP contribution in [0.3, 0.4) is 0 Å². The molecule has 0 radical (unpaired) electrons. The molecule has 0 aromatic carbocycles. The van der Waals surface area contributed by atoms with Crippen molar-refractivity contribution < 1.29 is 9.18 Å². The molecule has 0 N–H and O–H groups in total. The Morgan fingerprint density at radius 1 is 1.78 bits per heavy atom. The Kier molecular flexibility index (Phi) is 3.60. The second-order valence-corrected chi connectivity index (χ2v) is 1.71. The topological polar surface area (TPSA) is 17.1 Å². The second kappa shape index (κ2) is 4.01. The molecule has 2 heteroatoms. The molecule has 0 aromatic rings. The SMILES string of the molecule is C=CC=CC(C)C(=O)F. The van der Waals surface area contributed by atoms with E-state index in [0.717, 1.165) is 0 Å². The zero-order valence-corrected chi connectivity index (χ0v) is 5.30. The minimum atomic E-state index is -1.31. The van der Waals surface area contributed by atoms with Crippen LogP contribution in [-0.4, -0.2) is 6.04 Å². The zero-order chi connectivity index (χ0) is 7.28. The molecule has 0 amide bonds. The molecule has 1 nitrogen and oxygen atoms in total. The minimum Gasteiger partial charge on any atom is -0.261 e. The van der Waals surface area contributed by atoms with E-state index >= 15 is 0 Å². The van der Waals surface area contributed by atoms with Crippen LogP contribution in [0, 0.1) is 5.92 Å². The molecule has 0 aliphatic rings. The summed E-state index contributed by atoms with van der Waals surface area (Å²) in [5.74, 6) is -0.636. The Balaban J connectivity index is 3.75. The van der Waals surface area contributed by atoms with Crippen LogP contribution in [0.5, 0.6) is 0 Å². The van der Waals surface area contributed by atoms with Gasteiger partial charge in [0.05, 0.1) is 5.92 Å². The van der Waals surface area contributed by atoms with E-state index < -0.39 is 12.0 Å². The predicted octanol–water partition coefficient (Wildman–Crippen LogP) is 1.86. The van der Waals surface area contributed by atoms with Gasteiger partial charge in [0.25, 0.3) is 0 Å². The third kappa shape index (κ3) is 3.64. The lowest BCUT2D eigenvalue weighted by molar-refractivity contribution is -0.131. The summed E-state index contributed by atoms with van der Waals surface area (Å²) >= 11 is 0. The van der Waals surface area contributed by atoms with E-state index in [9.17, 15) is 9.18 Å². The van der Waals surface area contributed by atoms with Gasteiger partial charge >= 0.3 is 6.04 Å². The molecule has 0 saturated carbocycles. The smallest absolute Gasteiger partial charge is 0.261 e. The maximum Gasteiger partial charge on any atom is 0.308 e. The van der Waals surface area contributed by atoms with Gasteiger partial charge in [-0.1, -0.05) is 24.8 Å². The first-order valence-electron chi connectivity index (χ1n) is 2.67. The highest BCUT2D eigenvalue weighted by atomic mass is 19.1. The standard InChI is InChI=1S/C7H9FO/c1-3-4-5-6(2)7(8)9/h3-6H,1H2,2H3. The van der Waals surface area contributed by atoms with Crippen LogP contribution in [0.2, 0.25) is 0 Å². The van der Waals surface area contributed by atoms with Gasteiger partial charge in [-0.25, -0.2) is 0 Å². The molecule has 0 bridgehead atoms. The summed E-state index contributed by atoms with van der Waals surface area (Å²) in [5.41, 5.74) is 0. The molecule has 0 aliphatic carbocycles. The van der Waals surface area contributed by atoms with Gasteiger partial charge in [-0.2, -0.15) is 4.39 Å². The Labute approximate surface area is 53.9 Å². The van der Waals surface area contributed by atoms with Gasteiger partial charge < -0.3 is 0 Å². The van der Waals surface area contributed by atoms with Crippen LogP contribution in [0.25, 0.3) is 0 Å². The Hall–Kier alpha value is -0.920. The van der Waals surface area contributed by atoms with E-state index in [1.54, 1.807) is 6.08 Å². The minimum absolute atomic E-state index is 0.636. The van der Waals surface area contributed by atoms with Crippen LogP contribution in [0.15, 0.2) is 24.8 Å². The molecular weight excluding hydrogens is 119 g/mol. The van der Waals surface area contributed by atoms with Crippen LogP contribution >= 0.6 is 0 Å². The van der Waals surface area contributed by atoms with Crippen molar-refractivity contribution in [2.24, 2.45) is 5.92 Å². The molecule has 9 heavy (non-hydrogen) atoms. The highest BCUT2D eigenvalue weighted by molar-refractivity contribution is 5.72. The molecular formula is C7H9FO. The zero-order valence-electron chi connectivity index (χ0n) is 5.30. The monoisotopic (exact) mass is 128 g/mol. The van der Waals surface area contributed by atoms with Crippen molar-refractivity contribution in [2.75, 3.05) is 0 Å². The van der Waals surface area contributed by atoms with Crippen molar-refractivity contribution in [1.82, 2.24) is 0 Å². The Bertz CT molecular complexity index is 138. The molecule has 0 fully saturated rings. The van der Waals surface area contributed by atoms with Crippen molar-refractivity contribution in [2.45, 2.75) is 6.92 Å². The van der Waals surface area contributed by atoms with Crippen molar-refractivity contribution in [3.05, 3.63) is 24.8 Å². The fraction of sp³-hybridized carbons (Fsp3) is 0.286. The molecule has 0 heterocycles. The van der Waals surface area contributed by atoms with Gasteiger partial charge in [0.15, 0.2) is 0 Å². The number of halogens is 1. The van der Waals surface area contributed by atoms with Crippen molar-refractivity contribution >= 4 is 6.04 Å². The highest BCUT2D eigenvalue weighted by Gasteiger charge is 2.04. The van der Waals surface area contributed by atoms with Crippen molar-refractivity contribution in [3.63, 3.8) is 0 Å². The van der Waals surface area contributed by atoms with Gasteiger partial charge in [0, 0.05) is 0 Å². The van der Waals surface area contributed by atoms with E-state index in [-0.39, 0.29) is 0 Å². The number of allylic oxidation sites excluding steroid dienone is 3. The molecule has 0 rings (SSSR count). The Morgan fingerprint density at radius 3 is 2.67 bits per heavy atom. The van der Waals surface area contributed by atoms with Crippen molar-refractivity contribution in [3.8, 4) is 0 Å². The molecule has 0 aromatic heterocycles. The van der Waals surface area contributed by atoms with E-state index in [1.807, 2.05) is 0 Å². The number of carbonyl (C=O) groups is 1. The number of carbonyl (C=O) groups excluding carboxylic acids is 1. The summed E-state index contributed by atoms with van der Waals surface area (Å²) in [7, 11) is 0. The third-order valence-corrected chi connectivity index (χ3v) is 0.894. The average Bonchev–Trinajstić information content (AvgIpc) is 1.82. The van der Waals surface area contributed by atoms with E-state index in [2.05, 4.69) is 6.58 Å². The first-order valence-corrected chi connectivity index (χ1v) is 2.67. The maximum absolute atomic E-state index is 11.7. The first-order chi connectivity index (χ1) is 4.18. The molecule has 50 valence electrons. The fourth-order valence-electron chi connectivity index (χ4n) is 0.321.